The summed E-state index contributed by atoms with van der Waals surface area (Å²) in [6, 6.07) is 0. The van der Waals surface area contributed by atoms with Crippen molar-refractivity contribution in [1.82, 2.24) is 4.98 Å². The smallest absolute Gasteiger partial charge is 0.359 e. The lowest BCUT2D eigenvalue weighted by Gasteiger charge is -2.11. The van der Waals surface area contributed by atoms with Gasteiger partial charge in [-0.1, -0.05) is 11.3 Å². The van der Waals surface area contributed by atoms with Crippen molar-refractivity contribution in [3.63, 3.8) is 0 Å². The zero-order chi connectivity index (χ0) is 15.6. The minimum absolute atomic E-state index is 0.0820. The molecule has 0 aromatic carbocycles. The van der Waals surface area contributed by atoms with Crippen LogP contribution in [0.5, 0.6) is 0 Å². The number of halogens is 1. The minimum Gasteiger partial charge on any atom is -0.469 e. The molecule has 2 heterocycles. The third-order valence-corrected chi connectivity index (χ3v) is 4.66. The Bertz CT molecular complexity index is 588. The van der Waals surface area contributed by atoms with E-state index in [2.05, 4.69) is 25.7 Å². The Morgan fingerprint density at radius 1 is 1.52 bits per heavy atom. The Hall–Kier alpha value is -1.48. The predicted octanol–water partition coefficient (Wildman–Crippen LogP) is 1.61. The Labute approximate surface area is 133 Å². The van der Waals surface area contributed by atoms with Crippen LogP contribution in [0.3, 0.4) is 0 Å². The van der Waals surface area contributed by atoms with Gasteiger partial charge in [0.15, 0.2) is 10.8 Å². The number of nitrogens with zero attached hydrogens (tertiary/aromatic N) is 2. The summed E-state index contributed by atoms with van der Waals surface area (Å²) >= 11 is 4.39. The van der Waals surface area contributed by atoms with Gasteiger partial charge in [0.2, 0.25) is 5.91 Å². The molecule has 1 unspecified atom stereocenters. The van der Waals surface area contributed by atoms with Crippen molar-refractivity contribution in [2.45, 2.75) is 13.3 Å². The number of thiazole rings is 1. The molecule has 0 bridgehead atoms. The fourth-order valence-electron chi connectivity index (χ4n) is 1.95. The van der Waals surface area contributed by atoms with Crippen LogP contribution < -0.4 is 4.90 Å². The van der Waals surface area contributed by atoms with Crippen molar-refractivity contribution >= 4 is 50.2 Å². The summed E-state index contributed by atoms with van der Waals surface area (Å²) in [5.74, 6) is -1.70. The molecule has 0 saturated carbocycles. The van der Waals surface area contributed by atoms with E-state index in [1.54, 1.807) is 6.92 Å². The fourth-order valence-corrected chi connectivity index (χ4v) is 3.44. The summed E-state index contributed by atoms with van der Waals surface area (Å²) in [7, 11) is 1.29. The van der Waals surface area contributed by atoms with Crippen LogP contribution in [-0.4, -0.2) is 43.1 Å². The molecule has 1 saturated heterocycles. The average Bonchev–Trinajstić information content (AvgIpc) is 3.01. The van der Waals surface area contributed by atoms with E-state index in [0.29, 0.717) is 8.92 Å². The van der Waals surface area contributed by atoms with Gasteiger partial charge in [0.1, 0.15) is 3.79 Å². The van der Waals surface area contributed by atoms with Crippen LogP contribution in [0.2, 0.25) is 0 Å². The molecule has 114 valence electrons. The van der Waals surface area contributed by atoms with Crippen molar-refractivity contribution in [1.29, 1.82) is 0 Å². The van der Waals surface area contributed by atoms with Crippen molar-refractivity contribution in [2.24, 2.45) is 5.92 Å². The molecule has 1 aromatic heterocycles. The highest BCUT2D eigenvalue weighted by Crippen LogP contribution is 2.34. The van der Waals surface area contributed by atoms with Gasteiger partial charge in [-0.25, -0.2) is 9.78 Å². The zero-order valence-electron chi connectivity index (χ0n) is 11.4. The van der Waals surface area contributed by atoms with E-state index in [-0.39, 0.29) is 31.2 Å². The highest BCUT2D eigenvalue weighted by atomic mass is 79.9. The van der Waals surface area contributed by atoms with Gasteiger partial charge in [-0.2, -0.15) is 0 Å². The van der Waals surface area contributed by atoms with E-state index in [4.69, 9.17) is 4.74 Å². The van der Waals surface area contributed by atoms with Gasteiger partial charge in [0.05, 0.1) is 19.6 Å². The number of anilines is 1. The van der Waals surface area contributed by atoms with Crippen molar-refractivity contribution in [2.75, 3.05) is 25.2 Å². The van der Waals surface area contributed by atoms with Crippen molar-refractivity contribution < 1.29 is 23.9 Å². The highest BCUT2D eigenvalue weighted by molar-refractivity contribution is 9.11. The zero-order valence-corrected chi connectivity index (χ0v) is 13.8. The molecule has 21 heavy (non-hydrogen) atoms. The molecule has 2 rings (SSSR count). The molecule has 1 aromatic rings. The van der Waals surface area contributed by atoms with E-state index in [9.17, 15) is 14.4 Å². The molecule has 7 nitrogen and oxygen atoms in total. The number of esters is 2. The number of aromatic nitrogens is 1. The highest BCUT2D eigenvalue weighted by Gasteiger charge is 2.37. The third kappa shape index (κ3) is 3.24. The first-order valence-electron chi connectivity index (χ1n) is 6.19. The number of methoxy groups -OCH3 is 1. The molecular weight excluding hydrogens is 364 g/mol. The van der Waals surface area contributed by atoms with Gasteiger partial charge in [-0.3, -0.25) is 14.5 Å². The number of carbonyl (C=O) groups excluding carboxylic acids is 3. The maximum absolute atomic E-state index is 12.0. The van der Waals surface area contributed by atoms with Crippen LogP contribution in [0.4, 0.5) is 5.13 Å². The third-order valence-electron chi connectivity index (χ3n) is 2.93. The van der Waals surface area contributed by atoms with Crippen LogP contribution in [0, 0.1) is 5.92 Å². The molecule has 0 spiro atoms. The lowest BCUT2D eigenvalue weighted by molar-refractivity contribution is -0.145. The molecule has 0 radical (unpaired) electrons. The molecule has 1 aliphatic rings. The molecule has 1 atom stereocenters. The summed E-state index contributed by atoms with van der Waals surface area (Å²) < 4.78 is 10.0. The Morgan fingerprint density at radius 3 is 2.86 bits per heavy atom. The fraction of sp³-hybridized carbons (Fsp3) is 0.500. The maximum Gasteiger partial charge on any atom is 0.359 e. The van der Waals surface area contributed by atoms with Crippen LogP contribution >= 0.6 is 27.3 Å². The van der Waals surface area contributed by atoms with Gasteiger partial charge >= 0.3 is 11.9 Å². The number of carbonyl (C=O) groups is 3. The molecule has 0 aliphatic carbocycles. The van der Waals surface area contributed by atoms with E-state index < -0.39 is 17.9 Å². The van der Waals surface area contributed by atoms with E-state index in [0.717, 1.165) is 11.3 Å². The Morgan fingerprint density at radius 2 is 2.24 bits per heavy atom. The first kappa shape index (κ1) is 15.9. The minimum atomic E-state index is -0.553. The molecule has 1 fully saturated rings. The second kappa shape index (κ2) is 6.52. The molecule has 1 amide bonds. The summed E-state index contributed by atoms with van der Waals surface area (Å²) in [4.78, 5) is 40.7. The first-order valence-corrected chi connectivity index (χ1v) is 7.80. The Balaban J connectivity index is 2.19. The van der Waals surface area contributed by atoms with Crippen LogP contribution in [-0.2, 0) is 19.1 Å². The van der Waals surface area contributed by atoms with Gasteiger partial charge in [-0.05, 0) is 22.9 Å². The Kier molecular flexibility index (Phi) is 4.94. The second-order valence-electron chi connectivity index (χ2n) is 4.27. The van der Waals surface area contributed by atoms with Crippen LogP contribution in [0.1, 0.15) is 23.8 Å². The van der Waals surface area contributed by atoms with Gasteiger partial charge < -0.3 is 9.47 Å². The van der Waals surface area contributed by atoms with Crippen molar-refractivity contribution in [3.8, 4) is 0 Å². The predicted molar refractivity (Wildman–Crippen MR) is 78.2 cm³/mol. The van der Waals surface area contributed by atoms with Crippen LogP contribution in [0.25, 0.3) is 0 Å². The number of hydrogen-bond acceptors (Lipinski definition) is 7. The summed E-state index contributed by atoms with van der Waals surface area (Å²) in [6.45, 7) is 2.14. The summed E-state index contributed by atoms with van der Waals surface area (Å²) in [5.41, 5.74) is 0.131. The SMILES string of the molecule is CCOC(=O)c1nc(N2CC(C(=O)OC)CC2=O)sc1Br. The standard InChI is InChI=1S/C12H13BrN2O5S/c1-3-20-11(18)8-9(13)21-12(14-8)15-5-6(4-7(15)16)10(17)19-2/h6H,3-5H2,1-2H3. The van der Waals surface area contributed by atoms with Gasteiger partial charge in [0.25, 0.3) is 0 Å². The van der Waals surface area contributed by atoms with Crippen molar-refractivity contribution in [3.05, 3.63) is 9.48 Å². The number of ether oxygens (including phenoxy) is 2. The maximum atomic E-state index is 12.0. The quantitative estimate of drug-likeness (QED) is 0.742. The summed E-state index contributed by atoms with van der Waals surface area (Å²) in [6.07, 6.45) is 0.0820. The van der Waals surface area contributed by atoms with Gasteiger partial charge in [0, 0.05) is 13.0 Å². The molecule has 1 aliphatic heterocycles. The lowest BCUT2D eigenvalue weighted by Crippen LogP contribution is -2.26. The topological polar surface area (TPSA) is 85.8 Å². The number of hydrogen-bond donors (Lipinski definition) is 0. The molecule has 0 N–H and O–H groups in total. The number of amides is 1. The van der Waals surface area contributed by atoms with E-state index in [1.807, 2.05) is 0 Å². The average molecular weight is 377 g/mol. The lowest BCUT2D eigenvalue weighted by atomic mass is 10.1. The number of rotatable bonds is 4. The first-order chi connectivity index (χ1) is 9.97. The molecular formula is C12H13BrN2O5S. The largest absolute Gasteiger partial charge is 0.469 e. The van der Waals surface area contributed by atoms with Gasteiger partial charge in [-0.15, -0.1) is 0 Å². The second-order valence-corrected chi connectivity index (χ2v) is 6.56. The van der Waals surface area contributed by atoms with E-state index >= 15 is 0 Å². The van der Waals surface area contributed by atoms with E-state index in [1.165, 1.54) is 12.0 Å². The monoisotopic (exact) mass is 376 g/mol. The van der Waals surface area contributed by atoms with Crippen LogP contribution in [0.15, 0.2) is 3.79 Å². The summed E-state index contributed by atoms with van der Waals surface area (Å²) in [5, 5.41) is 0.362. The molecule has 9 heteroatoms. The normalized spacial score (nSPS) is 18.0.